The van der Waals surface area contributed by atoms with Crippen LogP contribution in [0, 0.1) is 0 Å². The fourth-order valence-corrected chi connectivity index (χ4v) is 3.24. The smallest absolute Gasteiger partial charge is 0.185 e. The van der Waals surface area contributed by atoms with E-state index in [9.17, 15) is 4.79 Å². The van der Waals surface area contributed by atoms with Gasteiger partial charge in [0.1, 0.15) is 10.9 Å². The number of methoxy groups -OCH3 is 1. The van der Waals surface area contributed by atoms with Crippen LogP contribution >= 0.6 is 11.6 Å². The molecule has 0 saturated heterocycles. The van der Waals surface area contributed by atoms with E-state index in [4.69, 9.17) is 16.3 Å². The first-order valence-electron chi connectivity index (χ1n) is 8.50. The molecule has 0 amide bonds. The molecule has 27 heavy (non-hydrogen) atoms. The number of hydrogen-bond donors (Lipinski definition) is 0. The lowest BCUT2D eigenvalue weighted by atomic mass is 10.0. The van der Waals surface area contributed by atoms with Crippen LogP contribution in [0.4, 0.5) is 0 Å². The number of nitrogens with zero attached hydrogens (tertiary/aromatic N) is 1. The predicted octanol–water partition coefficient (Wildman–Crippen LogP) is 5.95. The summed E-state index contributed by atoms with van der Waals surface area (Å²) < 4.78 is 5.11. The van der Waals surface area contributed by atoms with Crippen LogP contribution < -0.4 is 4.74 Å². The average Bonchev–Trinajstić information content (AvgIpc) is 2.72. The number of ketones is 1. The minimum absolute atomic E-state index is 0.104. The van der Waals surface area contributed by atoms with E-state index in [1.165, 1.54) is 6.08 Å². The standard InChI is InChI=1S/C23H16ClNO2/c1-27-19-11-8-16(9-12-19)21(26)13-10-18-14-17-7-6-15-4-2-3-5-20(15)22(17)25-23(18)24/h2-14H,1H3/b13-10+. The Hall–Kier alpha value is -3.17. The fraction of sp³-hybridized carbons (Fsp3) is 0.0435. The summed E-state index contributed by atoms with van der Waals surface area (Å²) >= 11 is 6.38. The second kappa shape index (κ2) is 7.22. The predicted molar refractivity (Wildman–Crippen MR) is 111 cm³/mol. The third-order valence-electron chi connectivity index (χ3n) is 4.48. The van der Waals surface area contributed by atoms with Gasteiger partial charge in [-0.3, -0.25) is 4.79 Å². The van der Waals surface area contributed by atoms with Gasteiger partial charge in [0, 0.05) is 21.9 Å². The van der Waals surface area contributed by atoms with Crippen LogP contribution in [-0.2, 0) is 0 Å². The van der Waals surface area contributed by atoms with Crippen molar-refractivity contribution in [1.29, 1.82) is 0 Å². The number of rotatable bonds is 4. The molecule has 0 unspecified atom stereocenters. The minimum Gasteiger partial charge on any atom is -0.497 e. The highest BCUT2D eigenvalue weighted by molar-refractivity contribution is 6.31. The Kier molecular flexibility index (Phi) is 4.61. The zero-order valence-corrected chi connectivity index (χ0v) is 15.4. The van der Waals surface area contributed by atoms with E-state index in [0.717, 1.165) is 21.7 Å². The van der Waals surface area contributed by atoms with E-state index >= 15 is 0 Å². The lowest BCUT2D eigenvalue weighted by molar-refractivity contribution is 0.104. The summed E-state index contributed by atoms with van der Waals surface area (Å²) in [6.45, 7) is 0. The highest BCUT2D eigenvalue weighted by Crippen LogP contribution is 2.28. The summed E-state index contributed by atoms with van der Waals surface area (Å²) in [4.78, 5) is 16.9. The molecule has 1 heterocycles. The molecule has 1 aromatic heterocycles. The van der Waals surface area contributed by atoms with Gasteiger partial charge in [0.15, 0.2) is 5.78 Å². The zero-order chi connectivity index (χ0) is 18.8. The molecule has 4 rings (SSSR count). The summed E-state index contributed by atoms with van der Waals surface area (Å²) in [6, 6.07) is 21.1. The quantitative estimate of drug-likeness (QED) is 0.192. The Morgan fingerprint density at radius 2 is 1.74 bits per heavy atom. The fourth-order valence-electron chi connectivity index (χ4n) is 3.04. The lowest BCUT2D eigenvalue weighted by Crippen LogP contribution is -1.94. The number of carbonyl (C=O) groups is 1. The number of ether oxygens (including phenoxy) is 1. The molecule has 3 aromatic carbocycles. The molecule has 0 spiro atoms. The first-order valence-corrected chi connectivity index (χ1v) is 8.88. The maximum absolute atomic E-state index is 12.4. The minimum atomic E-state index is -0.104. The summed E-state index contributed by atoms with van der Waals surface area (Å²) in [5, 5.41) is 3.53. The number of hydrogen-bond acceptors (Lipinski definition) is 3. The number of halogens is 1. The molecule has 0 aliphatic rings. The van der Waals surface area contributed by atoms with Crippen LogP contribution in [0.1, 0.15) is 15.9 Å². The van der Waals surface area contributed by atoms with Crippen molar-refractivity contribution in [3.63, 3.8) is 0 Å². The molecular formula is C23H16ClNO2. The van der Waals surface area contributed by atoms with Crippen molar-refractivity contribution in [2.75, 3.05) is 7.11 Å². The van der Waals surface area contributed by atoms with Crippen LogP contribution in [0.15, 0.2) is 72.8 Å². The summed E-state index contributed by atoms with van der Waals surface area (Å²) in [6.07, 6.45) is 3.22. The van der Waals surface area contributed by atoms with E-state index < -0.39 is 0 Å². The Morgan fingerprint density at radius 1 is 1.00 bits per heavy atom. The van der Waals surface area contributed by atoms with Gasteiger partial charge in [-0.25, -0.2) is 4.98 Å². The van der Waals surface area contributed by atoms with E-state index in [-0.39, 0.29) is 5.78 Å². The second-order valence-electron chi connectivity index (χ2n) is 6.15. The van der Waals surface area contributed by atoms with Gasteiger partial charge in [-0.05, 0) is 47.9 Å². The second-order valence-corrected chi connectivity index (χ2v) is 6.51. The molecule has 4 aromatic rings. The third-order valence-corrected chi connectivity index (χ3v) is 4.78. The molecule has 0 atom stereocenters. The van der Waals surface area contributed by atoms with Gasteiger partial charge in [-0.1, -0.05) is 48.0 Å². The number of pyridine rings is 1. The molecule has 132 valence electrons. The van der Waals surface area contributed by atoms with Gasteiger partial charge < -0.3 is 4.74 Å². The first-order chi connectivity index (χ1) is 13.2. The van der Waals surface area contributed by atoms with Crippen LogP contribution in [0.5, 0.6) is 5.75 Å². The Labute approximate surface area is 161 Å². The Balaban J connectivity index is 1.68. The monoisotopic (exact) mass is 373 g/mol. The van der Waals surface area contributed by atoms with E-state index in [1.54, 1.807) is 37.5 Å². The highest BCUT2D eigenvalue weighted by atomic mass is 35.5. The summed E-state index contributed by atoms with van der Waals surface area (Å²) in [7, 11) is 1.59. The molecule has 3 nitrogen and oxygen atoms in total. The first kappa shape index (κ1) is 17.3. The van der Waals surface area contributed by atoms with Crippen molar-refractivity contribution < 1.29 is 9.53 Å². The van der Waals surface area contributed by atoms with Gasteiger partial charge in [0.05, 0.1) is 12.6 Å². The number of allylic oxidation sites excluding steroid dienone is 1. The average molecular weight is 374 g/mol. The number of fused-ring (bicyclic) bond motifs is 3. The van der Waals surface area contributed by atoms with Crippen molar-refractivity contribution >= 4 is 45.1 Å². The molecule has 0 aliphatic heterocycles. The van der Waals surface area contributed by atoms with Crippen molar-refractivity contribution in [2.24, 2.45) is 0 Å². The molecule has 0 radical (unpaired) electrons. The maximum atomic E-state index is 12.4. The van der Waals surface area contributed by atoms with Crippen molar-refractivity contribution in [2.45, 2.75) is 0 Å². The van der Waals surface area contributed by atoms with Crippen molar-refractivity contribution in [1.82, 2.24) is 4.98 Å². The summed E-state index contributed by atoms with van der Waals surface area (Å²) in [5.41, 5.74) is 2.15. The maximum Gasteiger partial charge on any atom is 0.185 e. The van der Waals surface area contributed by atoms with Crippen molar-refractivity contribution in [3.8, 4) is 5.75 Å². The third kappa shape index (κ3) is 3.42. The lowest BCUT2D eigenvalue weighted by Gasteiger charge is -2.06. The van der Waals surface area contributed by atoms with Crippen LogP contribution in [0.2, 0.25) is 5.15 Å². The molecular weight excluding hydrogens is 358 g/mol. The van der Waals surface area contributed by atoms with Gasteiger partial charge >= 0.3 is 0 Å². The number of aromatic nitrogens is 1. The van der Waals surface area contributed by atoms with E-state index in [1.807, 2.05) is 36.4 Å². The van der Waals surface area contributed by atoms with Gasteiger partial charge in [-0.2, -0.15) is 0 Å². The number of benzene rings is 3. The molecule has 0 N–H and O–H groups in total. The van der Waals surface area contributed by atoms with Crippen LogP contribution in [0.3, 0.4) is 0 Å². The summed E-state index contributed by atoms with van der Waals surface area (Å²) in [5.74, 6) is 0.608. The topological polar surface area (TPSA) is 39.2 Å². The molecule has 0 fully saturated rings. The van der Waals surface area contributed by atoms with Gasteiger partial charge in [0.25, 0.3) is 0 Å². The molecule has 0 aliphatic carbocycles. The molecule has 0 bridgehead atoms. The Morgan fingerprint density at radius 3 is 2.52 bits per heavy atom. The molecule has 0 saturated carbocycles. The van der Waals surface area contributed by atoms with Gasteiger partial charge in [0.2, 0.25) is 0 Å². The van der Waals surface area contributed by atoms with Crippen molar-refractivity contribution in [3.05, 3.63) is 89.1 Å². The van der Waals surface area contributed by atoms with Gasteiger partial charge in [-0.15, -0.1) is 0 Å². The van der Waals surface area contributed by atoms with Crippen LogP contribution in [-0.4, -0.2) is 17.9 Å². The normalized spacial score (nSPS) is 11.3. The largest absolute Gasteiger partial charge is 0.497 e. The Bertz CT molecular complexity index is 1180. The SMILES string of the molecule is COc1ccc(C(=O)/C=C/c2cc3ccc4ccccc4c3nc2Cl)cc1. The molecule has 4 heteroatoms. The highest BCUT2D eigenvalue weighted by Gasteiger charge is 2.07. The zero-order valence-electron chi connectivity index (χ0n) is 14.6. The number of carbonyl (C=O) groups excluding carboxylic acids is 1. The van der Waals surface area contributed by atoms with E-state index in [2.05, 4.69) is 11.1 Å². The van der Waals surface area contributed by atoms with Crippen LogP contribution in [0.25, 0.3) is 27.8 Å². The van der Waals surface area contributed by atoms with E-state index in [0.29, 0.717) is 22.0 Å².